The fourth-order valence-electron chi connectivity index (χ4n) is 4.23. The summed E-state index contributed by atoms with van der Waals surface area (Å²) in [5.74, 6) is 0.551. The van der Waals surface area contributed by atoms with Crippen LogP contribution < -0.4 is 10.1 Å². The lowest BCUT2D eigenvalue weighted by molar-refractivity contribution is -0.0353. The second-order valence-electron chi connectivity index (χ2n) is 7.76. The average molecular weight is 395 g/mol. The Hall–Kier alpha value is -3.00. The number of piperidine rings is 2. The monoisotopic (exact) mass is 395 g/mol. The van der Waals surface area contributed by atoms with Gasteiger partial charge in [-0.3, -0.25) is 0 Å². The molecule has 0 amide bonds. The lowest BCUT2D eigenvalue weighted by atomic mass is 9.78. The van der Waals surface area contributed by atoms with Gasteiger partial charge in [0, 0.05) is 42.4 Å². The fourth-order valence-corrected chi connectivity index (χ4v) is 4.23. The largest absolute Gasteiger partial charge is 0.507 e. The van der Waals surface area contributed by atoms with E-state index in [9.17, 15) is 9.50 Å². The third kappa shape index (κ3) is 3.33. The third-order valence-electron chi connectivity index (χ3n) is 5.82. The fraction of sp³-hybridized carbons (Fsp3) is 0.381. The average Bonchev–Trinajstić information content (AvgIpc) is 3.18. The first-order chi connectivity index (χ1) is 14.1. The molecular weight excluding hydrogens is 373 g/mol. The van der Waals surface area contributed by atoms with Gasteiger partial charge >= 0.3 is 0 Å². The van der Waals surface area contributed by atoms with E-state index < -0.39 is 12.3 Å². The van der Waals surface area contributed by atoms with E-state index in [1.165, 1.54) is 0 Å². The van der Waals surface area contributed by atoms with Gasteiger partial charge in [-0.25, -0.2) is 9.37 Å². The van der Waals surface area contributed by atoms with Gasteiger partial charge in [-0.05, 0) is 38.0 Å². The minimum atomic E-state index is -1.03. The summed E-state index contributed by atoms with van der Waals surface area (Å²) < 4.78 is 22.2. The Bertz CT molecular complexity index is 1010. The highest BCUT2D eigenvalue weighted by atomic mass is 19.1. The van der Waals surface area contributed by atoms with E-state index in [4.69, 9.17) is 4.74 Å². The standard InChI is InChI=1S/C21H22FN5O2/c1-12-10-27(11-24-12)14-3-4-15(18(28)8-14)16-6-7-19(26-25-16)29-21-13-2-5-17(20(21)22)23-9-13/h3-4,6-8,10-11,13,17,20-21,23,28H,2,5,9H2,1H3/t13?,17?,20-,21-/m0/s1. The number of alkyl halides is 1. The number of phenolic OH excluding ortho intramolecular Hbond substituents is 1. The molecule has 3 aliphatic rings. The number of rotatable bonds is 4. The third-order valence-corrected chi connectivity index (χ3v) is 5.82. The zero-order valence-electron chi connectivity index (χ0n) is 16.0. The Kier molecular flexibility index (Phi) is 4.43. The van der Waals surface area contributed by atoms with E-state index in [-0.39, 0.29) is 17.7 Å². The molecular formula is C21H22FN5O2. The Labute approximate surface area is 167 Å². The maximum atomic E-state index is 14.5. The van der Waals surface area contributed by atoms with E-state index in [2.05, 4.69) is 20.5 Å². The van der Waals surface area contributed by atoms with E-state index in [0.29, 0.717) is 17.1 Å². The molecule has 2 aliphatic heterocycles. The molecule has 7 nitrogen and oxygen atoms in total. The van der Waals surface area contributed by atoms with Crippen LogP contribution in [0.4, 0.5) is 4.39 Å². The number of fused-ring (bicyclic) bond motifs is 3. The Morgan fingerprint density at radius 2 is 2.10 bits per heavy atom. The topological polar surface area (TPSA) is 85.1 Å². The lowest BCUT2D eigenvalue weighted by Crippen LogP contribution is -2.61. The zero-order chi connectivity index (χ0) is 20.0. The molecule has 150 valence electrons. The molecule has 4 atom stereocenters. The molecule has 3 fully saturated rings. The molecule has 8 heteroatoms. The normalized spacial score (nSPS) is 25.9. The van der Waals surface area contributed by atoms with Crippen LogP contribution in [0.25, 0.3) is 16.9 Å². The van der Waals surface area contributed by atoms with Gasteiger partial charge in [0.1, 0.15) is 11.9 Å². The Morgan fingerprint density at radius 3 is 2.72 bits per heavy atom. The number of imidazole rings is 1. The number of nitrogens with one attached hydrogen (secondary N) is 1. The summed E-state index contributed by atoms with van der Waals surface area (Å²) in [6.07, 6.45) is 3.87. The van der Waals surface area contributed by atoms with Gasteiger partial charge < -0.3 is 19.7 Å². The molecule has 2 bridgehead atoms. The summed E-state index contributed by atoms with van der Waals surface area (Å²) in [6, 6.07) is 8.59. The maximum Gasteiger partial charge on any atom is 0.233 e. The summed E-state index contributed by atoms with van der Waals surface area (Å²) in [4.78, 5) is 4.19. The molecule has 0 spiro atoms. The van der Waals surface area contributed by atoms with Gasteiger partial charge in [0.2, 0.25) is 5.88 Å². The first-order valence-electron chi connectivity index (χ1n) is 9.81. The first-order valence-corrected chi connectivity index (χ1v) is 9.81. The maximum absolute atomic E-state index is 14.5. The van der Waals surface area contributed by atoms with Crippen LogP contribution in [0, 0.1) is 12.8 Å². The molecule has 3 aromatic rings. The van der Waals surface area contributed by atoms with Crippen molar-refractivity contribution in [3.05, 3.63) is 48.5 Å². The highest BCUT2D eigenvalue weighted by molar-refractivity contribution is 5.68. The van der Waals surface area contributed by atoms with E-state index in [1.807, 2.05) is 23.8 Å². The second-order valence-corrected chi connectivity index (χ2v) is 7.76. The van der Waals surface area contributed by atoms with Crippen LogP contribution in [0.1, 0.15) is 18.5 Å². The highest BCUT2D eigenvalue weighted by Gasteiger charge is 2.45. The molecule has 4 heterocycles. The van der Waals surface area contributed by atoms with Gasteiger partial charge in [0.05, 0.1) is 23.4 Å². The molecule has 2 unspecified atom stereocenters. The Morgan fingerprint density at radius 1 is 1.21 bits per heavy atom. The van der Waals surface area contributed by atoms with Crippen molar-refractivity contribution in [3.63, 3.8) is 0 Å². The number of hydrogen-bond donors (Lipinski definition) is 2. The van der Waals surface area contributed by atoms with Crippen LogP contribution >= 0.6 is 0 Å². The van der Waals surface area contributed by atoms with Gasteiger partial charge in [0.15, 0.2) is 6.17 Å². The molecule has 2 saturated heterocycles. The van der Waals surface area contributed by atoms with Crippen LogP contribution in [-0.2, 0) is 0 Å². The number of phenols is 1. The minimum Gasteiger partial charge on any atom is -0.507 e. The van der Waals surface area contributed by atoms with E-state index in [1.54, 1.807) is 30.6 Å². The van der Waals surface area contributed by atoms with Crippen molar-refractivity contribution < 1.29 is 14.2 Å². The van der Waals surface area contributed by atoms with Crippen molar-refractivity contribution in [2.75, 3.05) is 6.54 Å². The number of hydrogen-bond acceptors (Lipinski definition) is 6. The van der Waals surface area contributed by atoms with Crippen molar-refractivity contribution in [1.82, 2.24) is 25.1 Å². The van der Waals surface area contributed by atoms with Crippen LogP contribution in [0.15, 0.2) is 42.9 Å². The van der Waals surface area contributed by atoms with Crippen LogP contribution in [0.2, 0.25) is 0 Å². The Balaban J connectivity index is 1.34. The number of aromatic nitrogens is 4. The summed E-state index contributed by atoms with van der Waals surface area (Å²) >= 11 is 0. The number of halogens is 1. The molecule has 1 saturated carbocycles. The second kappa shape index (κ2) is 7.11. The van der Waals surface area contributed by atoms with Crippen LogP contribution in [0.5, 0.6) is 11.6 Å². The SMILES string of the molecule is Cc1cn(-c2ccc(-c3ccc(O[C@H]4C5CCC(NC5)[C@@H]4F)nn3)c(O)c2)cn1. The smallest absolute Gasteiger partial charge is 0.233 e. The summed E-state index contributed by atoms with van der Waals surface area (Å²) in [5, 5.41) is 22.0. The van der Waals surface area contributed by atoms with Crippen molar-refractivity contribution in [1.29, 1.82) is 0 Å². The van der Waals surface area contributed by atoms with Crippen LogP contribution in [0.3, 0.4) is 0 Å². The van der Waals surface area contributed by atoms with Crippen molar-refractivity contribution >= 4 is 0 Å². The molecule has 0 radical (unpaired) electrons. The predicted octanol–water partition coefficient (Wildman–Crippen LogP) is 2.81. The number of nitrogens with zero attached hydrogens (tertiary/aromatic N) is 4. The van der Waals surface area contributed by atoms with E-state index >= 15 is 0 Å². The molecule has 29 heavy (non-hydrogen) atoms. The highest BCUT2D eigenvalue weighted by Crippen LogP contribution is 2.35. The molecule has 1 aliphatic carbocycles. The van der Waals surface area contributed by atoms with Crippen molar-refractivity contribution in [3.8, 4) is 28.6 Å². The summed E-state index contributed by atoms with van der Waals surface area (Å²) in [7, 11) is 0. The van der Waals surface area contributed by atoms with Gasteiger partial charge in [0.25, 0.3) is 0 Å². The van der Waals surface area contributed by atoms with E-state index in [0.717, 1.165) is 30.8 Å². The van der Waals surface area contributed by atoms with Gasteiger partial charge in [-0.15, -0.1) is 10.2 Å². The molecule has 2 aromatic heterocycles. The van der Waals surface area contributed by atoms with Gasteiger partial charge in [-0.1, -0.05) is 0 Å². The molecule has 6 rings (SSSR count). The minimum absolute atomic E-state index is 0.0938. The molecule has 2 N–H and O–H groups in total. The number of aryl methyl sites for hydroxylation is 1. The number of ether oxygens (including phenoxy) is 1. The van der Waals surface area contributed by atoms with Crippen LogP contribution in [-0.4, -0.2) is 49.7 Å². The predicted molar refractivity (Wildman–Crippen MR) is 105 cm³/mol. The zero-order valence-corrected chi connectivity index (χ0v) is 16.0. The number of benzene rings is 1. The lowest BCUT2D eigenvalue weighted by Gasteiger charge is -2.44. The van der Waals surface area contributed by atoms with Crippen molar-refractivity contribution in [2.45, 2.75) is 38.1 Å². The summed E-state index contributed by atoms with van der Waals surface area (Å²) in [6.45, 7) is 2.68. The van der Waals surface area contributed by atoms with Gasteiger partial charge in [-0.2, -0.15) is 0 Å². The number of aromatic hydroxyl groups is 1. The summed E-state index contributed by atoms with van der Waals surface area (Å²) in [5.41, 5.74) is 2.78. The quantitative estimate of drug-likeness (QED) is 0.707. The first kappa shape index (κ1) is 18.1. The van der Waals surface area contributed by atoms with Crippen molar-refractivity contribution in [2.24, 2.45) is 5.92 Å². The molecule has 1 aromatic carbocycles.